The SMILES string of the molecule is N=NCc1ccc(F)c(Cl)c1. The van der Waals surface area contributed by atoms with Crippen LogP contribution < -0.4 is 0 Å². The maximum absolute atomic E-state index is 12.5. The zero-order valence-electron chi connectivity index (χ0n) is 5.64. The lowest BCUT2D eigenvalue weighted by Crippen LogP contribution is -1.82. The number of halogens is 2. The van der Waals surface area contributed by atoms with Crippen molar-refractivity contribution in [2.24, 2.45) is 5.11 Å². The van der Waals surface area contributed by atoms with Gasteiger partial charge in [0.1, 0.15) is 5.82 Å². The summed E-state index contributed by atoms with van der Waals surface area (Å²) in [7, 11) is 0. The van der Waals surface area contributed by atoms with Crippen LogP contribution in [0, 0.1) is 11.3 Å². The zero-order valence-corrected chi connectivity index (χ0v) is 6.40. The molecule has 1 rings (SSSR count). The van der Waals surface area contributed by atoms with Crippen molar-refractivity contribution in [3.63, 3.8) is 0 Å². The first-order valence-corrected chi connectivity index (χ1v) is 3.39. The molecule has 0 aliphatic carbocycles. The molecule has 11 heavy (non-hydrogen) atoms. The van der Waals surface area contributed by atoms with Crippen LogP contribution in [0.5, 0.6) is 0 Å². The molecule has 0 saturated heterocycles. The van der Waals surface area contributed by atoms with Gasteiger partial charge in [-0.3, -0.25) is 0 Å². The van der Waals surface area contributed by atoms with Gasteiger partial charge in [0.2, 0.25) is 0 Å². The molecule has 1 N–H and O–H groups in total. The Labute approximate surface area is 68.5 Å². The molecular formula is C7H6ClFN2. The molecular weight excluding hydrogens is 167 g/mol. The predicted octanol–water partition coefficient (Wildman–Crippen LogP) is 3.01. The molecule has 0 aliphatic heterocycles. The van der Waals surface area contributed by atoms with Gasteiger partial charge in [0, 0.05) is 0 Å². The van der Waals surface area contributed by atoms with Crippen LogP contribution in [0.4, 0.5) is 4.39 Å². The van der Waals surface area contributed by atoms with Gasteiger partial charge in [0.05, 0.1) is 11.6 Å². The fourth-order valence-corrected chi connectivity index (χ4v) is 0.932. The molecule has 0 fully saturated rings. The van der Waals surface area contributed by atoms with Crippen molar-refractivity contribution >= 4 is 11.6 Å². The lowest BCUT2D eigenvalue weighted by atomic mass is 10.2. The van der Waals surface area contributed by atoms with Gasteiger partial charge < -0.3 is 0 Å². The van der Waals surface area contributed by atoms with Crippen LogP contribution in [0.2, 0.25) is 5.02 Å². The summed E-state index contributed by atoms with van der Waals surface area (Å²) in [5.74, 6) is -0.444. The highest BCUT2D eigenvalue weighted by Crippen LogP contribution is 2.16. The molecule has 0 bridgehead atoms. The van der Waals surface area contributed by atoms with E-state index in [0.717, 1.165) is 5.56 Å². The summed E-state index contributed by atoms with van der Waals surface area (Å²) >= 11 is 5.47. The highest BCUT2D eigenvalue weighted by atomic mass is 35.5. The third-order valence-corrected chi connectivity index (χ3v) is 1.54. The van der Waals surface area contributed by atoms with Crippen LogP contribution >= 0.6 is 11.6 Å². The molecule has 0 atom stereocenters. The van der Waals surface area contributed by atoms with Crippen LogP contribution in [-0.2, 0) is 6.54 Å². The van der Waals surface area contributed by atoms with E-state index >= 15 is 0 Å². The van der Waals surface area contributed by atoms with Crippen LogP contribution in [0.3, 0.4) is 0 Å². The average Bonchev–Trinajstić information content (AvgIpc) is 1.98. The van der Waals surface area contributed by atoms with Gasteiger partial charge in [-0.25, -0.2) is 9.92 Å². The Morgan fingerprint density at radius 3 is 2.82 bits per heavy atom. The Morgan fingerprint density at radius 2 is 2.27 bits per heavy atom. The van der Waals surface area contributed by atoms with Gasteiger partial charge in [-0.05, 0) is 17.7 Å². The number of nitrogens with one attached hydrogen (secondary N) is 1. The van der Waals surface area contributed by atoms with Crippen molar-refractivity contribution in [1.29, 1.82) is 5.53 Å². The van der Waals surface area contributed by atoms with Gasteiger partial charge >= 0.3 is 0 Å². The zero-order chi connectivity index (χ0) is 8.27. The molecule has 0 radical (unpaired) electrons. The van der Waals surface area contributed by atoms with Crippen molar-refractivity contribution in [3.8, 4) is 0 Å². The number of hydrogen-bond donors (Lipinski definition) is 1. The Kier molecular flexibility index (Phi) is 2.54. The largest absolute Gasteiger partial charge is 0.210 e. The van der Waals surface area contributed by atoms with Crippen LogP contribution in [0.15, 0.2) is 23.3 Å². The molecule has 4 heteroatoms. The Bertz CT molecular complexity index is 275. The third kappa shape index (κ3) is 1.98. The molecule has 0 heterocycles. The summed E-state index contributed by atoms with van der Waals surface area (Å²) in [4.78, 5) is 0. The van der Waals surface area contributed by atoms with E-state index in [1.807, 2.05) is 0 Å². The molecule has 58 valence electrons. The van der Waals surface area contributed by atoms with Crippen molar-refractivity contribution in [3.05, 3.63) is 34.6 Å². The summed E-state index contributed by atoms with van der Waals surface area (Å²) in [6, 6.07) is 4.29. The van der Waals surface area contributed by atoms with E-state index in [9.17, 15) is 4.39 Å². The number of rotatable bonds is 2. The summed E-state index contributed by atoms with van der Waals surface area (Å²) in [5.41, 5.74) is 7.29. The topological polar surface area (TPSA) is 36.2 Å². The fraction of sp³-hybridized carbons (Fsp3) is 0.143. The second-order valence-corrected chi connectivity index (χ2v) is 2.47. The van der Waals surface area contributed by atoms with Crippen molar-refractivity contribution < 1.29 is 4.39 Å². The van der Waals surface area contributed by atoms with Crippen LogP contribution in [0.25, 0.3) is 0 Å². The smallest absolute Gasteiger partial charge is 0.141 e. The van der Waals surface area contributed by atoms with Gasteiger partial charge in [-0.1, -0.05) is 17.7 Å². The van der Waals surface area contributed by atoms with E-state index in [1.54, 1.807) is 6.07 Å². The third-order valence-electron chi connectivity index (χ3n) is 1.25. The summed E-state index contributed by atoms with van der Waals surface area (Å²) < 4.78 is 12.5. The molecule has 0 aromatic heterocycles. The van der Waals surface area contributed by atoms with E-state index in [-0.39, 0.29) is 11.6 Å². The minimum atomic E-state index is -0.444. The van der Waals surface area contributed by atoms with Crippen molar-refractivity contribution in [1.82, 2.24) is 0 Å². The Hall–Kier alpha value is -0.960. The van der Waals surface area contributed by atoms with Crippen LogP contribution in [0.1, 0.15) is 5.56 Å². The summed E-state index contributed by atoms with van der Waals surface area (Å²) in [6.45, 7) is 0.250. The molecule has 0 aliphatic rings. The molecule has 0 amide bonds. The van der Waals surface area contributed by atoms with Gasteiger partial charge in [-0.2, -0.15) is 5.11 Å². The summed E-state index contributed by atoms with van der Waals surface area (Å²) in [6.07, 6.45) is 0. The lowest BCUT2D eigenvalue weighted by Gasteiger charge is -1.96. The minimum Gasteiger partial charge on any atom is -0.210 e. The van der Waals surface area contributed by atoms with E-state index in [4.69, 9.17) is 17.1 Å². The molecule has 0 spiro atoms. The van der Waals surface area contributed by atoms with Gasteiger partial charge in [0.15, 0.2) is 0 Å². The Balaban J connectivity index is 2.95. The van der Waals surface area contributed by atoms with Gasteiger partial charge in [0.25, 0.3) is 0 Å². The maximum atomic E-state index is 12.5. The fourth-order valence-electron chi connectivity index (χ4n) is 0.729. The first-order chi connectivity index (χ1) is 5.24. The lowest BCUT2D eigenvalue weighted by molar-refractivity contribution is 0.627. The maximum Gasteiger partial charge on any atom is 0.141 e. The molecule has 1 aromatic rings. The molecule has 1 aromatic carbocycles. The summed E-state index contributed by atoms with van der Waals surface area (Å²) in [5, 5.41) is 3.22. The van der Waals surface area contributed by atoms with E-state index in [0.29, 0.717) is 0 Å². The van der Waals surface area contributed by atoms with E-state index in [2.05, 4.69) is 5.11 Å². The van der Waals surface area contributed by atoms with Gasteiger partial charge in [-0.15, -0.1) is 0 Å². The standard InChI is InChI=1S/C7H6ClFN2/c8-6-3-5(4-11-10)1-2-7(6)9/h1-3,10H,4H2. The van der Waals surface area contributed by atoms with Crippen molar-refractivity contribution in [2.45, 2.75) is 6.54 Å². The molecule has 2 nitrogen and oxygen atoms in total. The van der Waals surface area contributed by atoms with Crippen molar-refractivity contribution in [2.75, 3.05) is 0 Å². The molecule has 0 unspecified atom stereocenters. The average molecular weight is 173 g/mol. The number of benzene rings is 1. The minimum absolute atomic E-state index is 0.0751. The first-order valence-electron chi connectivity index (χ1n) is 3.01. The quantitative estimate of drug-likeness (QED) is 0.666. The normalized spacial score (nSPS) is 9.64. The highest BCUT2D eigenvalue weighted by Gasteiger charge is 1.99. The second kappa shape index (κ2) is 3.44. The number of hydrogen-bond acceptors (Lipinski definition) is 2. The Morgan fingerprint density at radius 1 is 1.55 bits per heavy atom. The van der Waals surface area contributed by atoms with E-state index in [1.165, 1.54) is 12.1 Å². The van der Waals surface area contributed by atoms with E-state index < -0.39 is 5.82 Å². The first kappa shape index (κ1) is 8.14. The second-order valence-electron chi connectivity index (χ2n) is 2.06. The highest BCUT2D eigenvalue weighted by molar-refractivity contribution is 6.30. The molecule has 0 saturated carbocycles. The monoisotopic (exact) mass is 172 g/mol. The predicted molar refractivity (Wildman–Crippen MR) is 40.3 cm³/mol. The number of nitrogens with zero attached hydrogens (tertiary/aromatic N) is 1. The van der Waals surface area contributed by atoms with Crippen LogP contribution in [-0.4, -0.2) is 0 Å².